The highest BCUT2D eigenvalue weighted by atomic mass is 16.5. The minimum atomic E-state index is -0.796. The summed E-state index contributed by atoms with van der Waals surface area (Å²) in [5.41, 5.74) is 1.79. The van der Waals surface area contributed by atoms with Gasteiger partial charge in [0.2, 0.25) is 0 Å². The Kier molecular flexibility index (Phi) is 7.22. The van der Waals surface area contributed by atoms with Crippen molar-refractivity contribution in [3.63, 3.8) is 0 Å². The van der Waals surface area contributed by atoms with E-state index in [1.165, 1.54) is 0 Å². The fraction of sp³-hybridized carbons (Fsp3) is 0.250. The fourth-order valence-electron chi connectivity index (χ4n) is 3.03. The predicted molar refractivity (Wildman–Crippen MR) is 113 cm³/mol. The molecule has 1 unspecified atom stereocenters. The summed E-state index contributed by atoms with van der Waals surface area (Å²) in [6.07, 6.45) is 3.45. The largest absolute Gasteiger partial charge is 0.493 e. The van der Waals surface area contributed by atoms with E-state index in [0.717, 1.165) is 16.6 Å². The number of carbonyl (C=O) groups is 1. The van der Waals surface area contributed by atoms with Crippen molar-refractivity contribution in [3.8, 4) is 11.5 Å². The number of aliphatic carboxylic acids is 1. The number of para-hydroxylation sites is 1. The average Bonchev–Trinajstić information content (AvgIpc) is 2.74. The van der Waals surface area contributed by atoms with Crippen LogP contribution >= 0.6 is 0 Å². The molecule has 0 saturated carbocycles. The molecule has 0 aliphatic rings. The van der Waals surface area contributed by atoms with E-state index >= 15 is 0 Å². The maximum Gasteiger partial charge on any atom is 0.306 e. The Morgan fingerprint density at radius 3 is 2.62 bits per heavy atom. The third-order valence-corrected chi connectivity index (χ3v) is 4.65. The number of nitrogens with zero attached hydrogens (tertiary/aromatic N) is 1. The zero-order valence-electron chi connectivity index (χ0n) is 16.3. The van der Waals surface area contributed by atoms with Crippen LogP contribution in [0.4, 0.5) is 0 Å². The number of hydrogen-bond acceptors (Lipinski definition) is 4. The minimum absolute atomic E-state index is 0.337. The number of benzene rings is 2. The first-order valence-corrected chi connectivity index (χ1v) is 9.70. The quantitative estimate of drug-likeness (QED) is 0.452. The summed E-state index contributed by atoms with van der Waals surface area (Å²) in [7, 11) is 0. The van der Waals surface area contributed by atoms with Gasteiger partial charge in [-0.15, -0.1) is 6.58 Å². The molecule has 5 heteroatoms. The van der Waals surface area contributed by atoms with Gasteiger partial charge in [0, 0.05) is 11.5 Å². The molecule has 1 aromatic heterocycles. The summed E-state index contributed by atoms with van der Waals surface area (Å²) in [5.74, 6) is 0.113. The van der Waals surface area contributed by atoms with Gasteiger partial charge in [0.25, 0.3) is 0 Å². The fourth-order valence-corrected chi connectivity index (χ4v) is 3.03. The SMILES string of the molecule is C=CCCC(CCOc1cccc(OCc2ccc3ccccc3n2)c1)C(=O)O. The van der Waals surface area contributed by atoms with E-state index in [9.17, 15) is 9.90 Å². The molecule has 2 aromatic carbocycles. The van der Waals surface area contributed by atoms with Crippen molar-refractivity contribution in [2.75, 3.05) is 6.61 Å². The molecule has 0 bridgehead atoms. The smallest absolute Gasteiger partial charge is 0.306 e. The lowest BCUT2D eigenvalue weighted by atomic mass is 10.0. The Morgan fingerprint density at radius 2 is 1.83 bits per heavy atom. The molecule has 3 aromatic rings. The van der Waals surface area contributed by atoms with Crippen LogP contribution in [0.2, 0.25) is 0 Å². The van der Waals surface area contributed by atoms with Crippen LogP contribution in [-0.4, -0.2) is 22.7 Å². The topological polar surface area (TPSA) is 68.7 Å². The van der Waals surface area contributed by atoms with E-state index in [1.54, 1.807) is 12.1 Å². The number of aromatic nitrogens is 1. The van der Waals surface area contributed by atoms with Crippen molar-refractivity contribution in [2.45, 2.75) is 25.9 Å². The highest BCUT2D eigenvalue weighted by Crippen LogP contribution is 2.22. The monoisotopic (exact) mass is 391 g/mol. The van der Waals surface area contributed by atoms with Crippen molar-refractivity contribution in [1.82, 2.24) is 4.98 Å². The maximum absolute atomic E-state index is 11.3. The second kappa shape index (κ2) is 10.3. The van der Waals surface area contributed by atoms with Crippen molar-refractivity contribution < 1.29 is 19.4 Å². The van der Waals surface area contributed by atoms with Crippen LogP contribution in [-0.2, 0) is 11.4 Å². The minimum Gasteiger partial charge on any atom is -0.493 e. The summed E-state index contributed by atoms with van der Waals surface area (Å²) in [5, 5.41) is 10.4. The molecule has 0 saturated heterocycles. The Labute approximate surface area is 170 Å². The lowest BCUT2D eigenvalue weighted by molar-refractivity contribution is -0.142. The van der Waals surface area contributed by atoms with E-state index in [0.29, 0.717) is 44.0 Å². The molecule has 0 aliphatic carbocycles. The third kappa shape index (κ3) is 6.07. The number of pyridine rings is 1. The van der Waals surface area contributed by atoms with Crippen molar-refractivity contribution in [1.29, 1.82) is 0 Å². The summed E-state index contributed by atoms with van der Waals surface area (Å²) < 4.78 is 11.6. The molecule has 1 atom stereocenters. The van der Waals surface area contributed by atoms with Crippen LogP contribution in [0.3, 0.4) is 0 Å². The number of carboxylic acids is 1. The molecule has 5 nitrogen and oxygen atoms in total. The van der Waals surface area contributed by atoms with E-state index in [1.807, 2.05) is 54.6 Å². The van der Waals surface area contributed by atoms with Crippen LogP contribution in [0, 0.1) is 5.92 Å². The normalized spacial score (nSPS) is 11.7. The van der Waals surface area contributed by atoms with E-state index < -0.39 is 11.9 Å². The van der Waals surface area contributed by atoms with Gasteiger partial charge in [-0.3, -0.25) is 4.79 Å². The van der Waals surface area contributed by atoms with Gasteiger partial charge in [0.05, 0.1) is 23.7 Å². The second-order valence-corrected chi connectivity index (χ2v) is 6.80. The van der Waals surface area contributed by atoms with Crippen LogP contribution < -0.4 is 9.47 Å². The molecule has 150 valence electrons. The number of carboxylic acid groups (broad SMARTS) is 1. The van der Waals surface area contributed by atoms with Crippen molar-refractivity contribution in [3.05, 3.63) is 79.0 Å². The van der Waals surface area contributed by atoms with Gasteiger partial charge in [-0.05, 0) is 43.5 Å². The Morgan fingerprint density at radius 1 is 1.03 bits per heavy atom. The third-order valence-electron chi connectivity index (χ3n) is 4.65. The zero-order chi connectivity index (χ0) is 20.5. The van der Waals surface area contributed by atoms with Gasteiger partial charge in [0.1, 0.15) is 18.1 Å². The highest BCUT2D eigenvalue weighted by Gasteiger charge is 2.16. The van der Waals surface area contributed by atoms with Gasteiger partial charge >= 0.3 is 5.97 Å². The van der Waals surface area contributed by atoms with E-state index in [-0.39, 0.29) is 0 Å². The molecular weight excluding hydrogens is 366 g/mol. The molecule has 29 heavy (non-hydrogen) atoms. The Hall–Kier alpha value is -3.34. The van der Waals surface area contributed by atoms with Gasteiger partial charge < -0.3 is 14.6 Å². The first-order chi connectivity index (χ1) is 14.2. The number of ether oxygens (including phenoxy) is 2. The molecule has 0 radical (unpaired) electrons. The summed E-state index contributed by atoms with van der Waals surface area (Å²) in [6.45, 7) is 4.34. The molecule has 0 amide bonds. The lowest BCUT2D eigenvalue weighted by Crippen LogP contribution is -2.16. The Balaban J connectivity index is 1.53. The predicted octanol–water partition coefficient (Wildman–Crippen LogP) is 5.25. The van der Waals surface area contributed by atoms with E-state index in [4.69, 9.17) is 9.47 Å². The standard InChI is InChI=1S/C24H25NO4/c1-2-3-7-19(24(26)27)14-15-28-21-9-6-10-22(16-21)29-17-20-13-12-18-8-4-5-11-23(18)25-20/h2,4-6,8-13,16,19H,1,3,7,14-15,17H2,(H,26,27). The maximum atomic E-state index is 11.3. The molecule has 0 aliphatic heterocycles. The molecule has 0 spiro atoms. The zero-order valence-corrected chi connectivity index (χ0v) is 16.3. The molecule has 0 fully saturated rings. The lowest BCUT2D eigenvalue weighted by Gasteiger charge is -2.13. The van der Waals surface area contributed by atoms with Gasteiger partial charge in [-0.25, -0.2) is 4.98 Å². The average molecular weight is 391 g/mol. The van der Waals surface area contributed by atoms with Crippen LogP contribution in [0.5, 0.6) is 11.5 Å². The molecule has 1 N–H and O–H groups in total. The van der Waals surface area contributed by atoms with Crippen LogP contribution in [0.1, 0.15) is 25.0 Å². The van der Waals surface area contributed by atoms with Crippen LogP contribution in [0.25, 0.3) is 10.9 Å². The number of allylic oxidation sites excluding steroid dienone is 1. The van der Waals surface area contributed by atoms with E-state index in [2.05, 4.69) is 11.6 Å². The first-order valence-electron chi connectivity index (χ1n) is 9.70. The summed E-state index contributed by atoms with van der Waals surface area (Å²) >= 11 is 0. The molecule has 1 heterocycles. The molecular formula is C24H25NO4. The van der Waals surface area contributed by atoms with Crippen LogP contribution in [0.15, 0.2) is 73.3 Å². The first kappa shape index (κ1) is 20.4. The highest BCUT2D eigenvalue weighted by molar-refractivity contribution is 5.78. The number of hydrogen-bond donors (Lipinski definition) is 1. The second-order valence-electron chi connectivity index (χ2n) is 6.80. The summed E-state index contributed by atoms with van der Waals surface area (Å²) in [4.78, 5) is 15.9. The number of rotatable bonds is 11. The van der Waals surface area contributed by atoms with Crippen molar-refractivity contribution in [2.24, 2.45) is 5.92 Å². The van der Waals surface area contributed by atoms with Gasteiger partial charge in [0.15, 0.2) is 0 Å². The van der Waals surface area contributed by atoms with Crippen molar-refractivity contribution >= 4 is 16.9 Å². The van der Waals surface area contributed by atoms with Gasteiger partial charge in [-0.2, -0.15) is 0 Å². The molecule has 3 rings (SSSR count). The van der Waals surface area contributed by atoms with Gasteiger partial charge in [-0.1, -0.05) is 36.4 Å². The number of fused-ring (bicyclic) bond motifs is 1. The Bertz CT molecular complexity index is 970. The summed E-state index contributed by atoms with van der Waals surface area (Å²) in [6, 6.07) is 19.3.